The molecule has 0 rings (SSSR count). The Labute approximate surface area is 71.6 Å². The number of hydrogen-bond donors (Lipinski definition) is 0. The van der Waals surface area contributed by atoms with Crippen LogP contribution < -0.4 is 0 Å². The van der Waals surface area contributed by atoms with E-state index in [-0.39, 0.29) is 25.0 Å². The van der Waals surface area contributed by atoms with Gasteiger partial charge in [0.05, 0.1) is 13.0 Å². The van der Waals surface area contributed by atoms with Gasteiger partial charge in [0, 0.05) is 6.42 Å². The lowest BCUT2D eigenvalue weighted by atomic mass is 10.3. The summed E-state index contributed by atoms with van der Waals surface area (Å²) < 4.78 is 4.88. The van der Waals surface area contributed by atoms with Crippen LogP contribution in [0.2, 0.25) is 0 Å². The third-order valence-corrected chi connectivity index (χ3v) is 1.27. The zero-order valence-corrected chi connectivity index (χ0v) is 7.16. The van der Waals surface area contributed by atoms with Gasteiger partial charge in [-0.1, -0.05) is 11.3 Å². The van der Waals surface area contributed by atoms with Crippen LogP contribution in [0.1, 0.15) is 19.8 Å². The summed E-state index contributed by atoms with van der Waals surface area (Å²) in [6.07, 6.45) is 1.92. The first kappa shape index (κ1) is 10.8. The molecule has 12 heavy (non-hydrogen) atoms. The van der Waals surface area contributed by atoms with Gasteiger partial charge in [-0.05, 0) is 6.92 Å². The Morgan fingerprint density at radius 3 is 2.92 bits per heavy atom. The molecule has 68 valence electrons. The molecular weight excluding hydrogens is 158 g/mol. The standard InChI is InChI=1S/C8H13NO3/c1-3-4-8(10)12-7(2)5-6-9-11/h3,7H,1,4-6H2,2H3. The highest BCUT2D eigenvalue weighted by atomic mass is 16.5. The number of ether oxygens (including phenoxy) is 1. The summed E-state index contributed by atoms with van der Waals surface area (Å²) >= 11 is 0. The van der Waals surface area contributed by atoms with Crippen LogP contribution in [0.25, 0.3) is 0 Å². The molecule has 0 saturated heterocycles. The zero-order chi connectivity index (χ0) is 9.40. The molecule has 1 atom stereocenters. The Morgan fingerprint density at radius 2 is 2.42 bits per heavy atom. The predicted octanol–water partition coefficient (Wildman–Crippen LogP) is 1.65. The first-order chi connectivity index (χ1) is 5.70. The number of nitrogens with zero attached hydrogens (tertiary/aromatic N) is 1. The highest BCUT2D eigenvalue weighted by Crippen LogP contribution is 1.99. The fourth-order valence-corrected chi connectivity index (χ4v) is 0.684. The second-order valence-electron chi connectivity index (χ2n) is 2.43. The van der Waals surface area contributed by atoms with Crippen LogP contribution in [-0.2, 0) is 9.53 Å². The van der Waals surface area contributed by atoms with Crippen LogP contribution in [0.4, 0.5) is 0 Å². The van der Waals surface area contributed by atoms with Gasteiger partial charge in [-0.25, -0.2) is 0 Å². The molecule has 4 nitrogen and oxygen atoms in total. The van der Waals surface area contributed by atoms with Crippen molar-refractivity contribution in [3.8, 4) is 0 Å². The topological polar surface area (TPSA) is 55.7 Å². The molecule has 0 N–H and O–H groups in total. The molecule has 0 saturated carbocycles. The first-order valence-electron chi connectivity index (χ1n) is 3.80. The molecule has 0 fully saturated rings. The number of carbonyl (C=O) groups excluding carboxylic acids is 1. The Kier molecular flexibility index (Phi) is 5.87. The molecule has 4 heteroatoms. The van der Waals surface area contributed by atoms with E-state index in [4.69, 9.17) is 4.74 Å². The predicted molar refractivity (Wildman–Crippen MR) is 45.6 cm³/mol. The normalized spacial score (nSPS) is 11.8. The van der Waals surface area contributed by atoms with E-state index in [0.29, 0.717) is 6.42 Å². The molecule has 0 aliphatic heterocycles. The number of esters is 1. The Morgan fingerprint density at radius 1 is 1.75 bits per heavy atom. The monoisotopic (exact) mass is 171 g/mol. The minimum Gasteiger partial charge on any atom is -0.462 e. The quantitative estimate of drug-likeness (QED) is 0.347. The largest absolute Gasteiger partial charge is 0.462 e. The van der Waals surface area contributed by atoms with Crippen LogP contribution in [-0.4, -0.2) is 18.6 Å². The van der Waals surface area contributed by atoms with Gasteiger partial charge in [0.25, 0.3) is 0 Å². The molecule has 0 spiro atoms. The van der Waals surface area contributed by atoms with Gasteiger partial charge >= 0.3 is 5.97 Å². The van der Waals surface area contributed by atoms with E-state index in [1.54, 1.807) is 6.92 Å². The smallest absolute Gasteiger partial charge is 0.309 e. The summed E-state index contributed by atoms with van der Waals surface area (Å²) in [5, 5.41) is 2.67. The average molecular weight is 171 g/mol. The Balaban J connectivity index is 3.52. The van der Waals surface area contributed by atoms with Crippen LogP contribution in [0.15, 0.2) is 17.8 Å². The molecule has 0 aliphatic rings. The molecule has 1 unspecified atom stereocenters. The van der Waals surface area contributed by atoms with Crippen LogP contribution >= 0.6 is 0 Å². The zero-order valence-electron chi connectivity index (χ0n) is 7.16. The lowest BCUT2D eigenvalue weighted by Crippen LogP contribution is -2.14. The Hall–Kier alpha value is -1.19. The van der Waals surface area contributed by atoms with E-state index in [1.165, 1.54) is 6.08 Å². The van der Waals surface area contributed by atoms with E-state index in [1.807, 2.05) is 0 Å². The van der Waals surface area contributed by atoms with Crippen molar-refractivity contribution in [1.82, 2.24) is 0 Å². The third kappa shape index (κ3) is 5.58. The maximum absolute atomic E-state index is 10.8. The molecule has 0 radical (unpaired) electrons. The van der Waals surface area contributed by atoms with Crippen LogP contribution in [0.3, 0.4) is 0 Å². The second-order valence-corrected chi connectivity index (χ2v) is 2.43. The van der Waals surface area contributed by atoms with Crippen molar-refractivity contribution in [2.45, 2.75) is 25.9 Å². The molecule has 0 aliphatic carbocycles. The van der Waals surface area contributed by atoms with Crippen LogP contribution in [0, 0.1) is 4.91 Å². The lowest BCUT2D eigenvalue weighted by Gasteiger charge is -2.09. The van der Waals surface area contributed by atoms with Gasteiger partial charge in [0.1, 0.15) is 6.10 Å². The minimum absolute atomic E-state index is 0.183. The van der Waals surface area contributed by atoms with Crippen molar-refractivity contribution in [3.05, 3.63) is 17.6 Å². The van der Waals surface area contributed by atoms with Crippen molar-refractivity contribution < 1.29 is 9.53 Å². The van der Waals surface area contributed by atoms with E-state index in [0.717, 1.165) is 0 Å². The Bertz CT molecular complexity index is 168. The van der Waals surface area contributed by atoms with Gasteiger partial charge in [0.2, 0.25) is 0 Å². The summed E-state index contributed by atoms with van der Waals surface area (Å²) in [6.45, 7) is 5.31. The number of rotatable bonds is 6. The summed E-state index contributed by atoms with van der Waals surface area (Å²) in [7, 11) is 0. The van der Waals surface area contributed by atoms with Gasteiger partial charge in [-0.15, -0.1) is 6.58 Å². The highest BCUT2D eigenvalue weighted by Gasteiger charge is 2.06. The maximum atomic E-state index is 10.8. The van der Waals surface area contributed by atoms with Crippen molar-refractivity contribution in [3.63, 3.8) is 0 Å². The van der Waals surface area contributed by atoms with Crippen molar-refractivity contribution >= 4 is 5.97 Å². The lowest BCUT2D eigenvalue weighted by molar-refractivity contribution is -0.147. The van der Waals surface area contributed by atoms with Crippen LogP contribution in [0.5, 0.6) is 0 Å². The summed E-state index contributed by atoms with van der Waals surface area (Å²) in [5.41, 5.74) is 0. The third-order valence-electron chi connectivity index (χ3n) is 1.27. The maximum Gasteiger partial charge on any atom is 0.309 e. The van der Waals surface area contributed by atoms with Gasteiger partial charge < -0.3 is 4.74 Å². The molecule has 0 aromatic carbocycles. The van der Waals surface area contributed by atoms with E-state index in [2.05, 4.69) is 11.8 Å². The molecule has 0 heterocycles. The van der Waals surface area contributed by atoms with Crippen molar-refractivity contribution in [2.75, 3.05) is 6.54 Å². The second kappa shape index (κ2) is 6.52. The molecule has 0 aromatic heterocycles. The molecule has 0 aromatic rings. The highest BCUT2D eigenvalue weighted by molar-refractivity contribution is 5.71. The van der Waals surface area contributed by atoms with E-state index < -0.39 is 0 Å². The van der Waals surface area contributed by atoms with Gasteiger partial charge in [-0.2, -0.15) is 4.91 Å². The van der Waals surface area contributed by atoms with Gasteiger partial charge in [-0.3, -0.25) is 4.79 Å². The molecule has 0 bridgehead atoms. The number of carbonyl (C=O) groups is 1. The van der Waals surface area contributed by atoms with E-state index in [9.17, 15) is 9.70 Å². The van der Waals surface area contributed by atoms with Crippen molar-refractivity contribution in [2.24, 2.45) is 5.18 Å². The summed E-state index contributed by atoms with van der Waals surface area (Å²) in [6, 6.07) is 0. The molecule has 0 amide bonds. The average Bonchev–Trinajstić information content (AvgIpc) is 2.01. The summed E-state index contributed by atoms with van der Waals surface area (Å²) in [5.74, 6) is -0.316. The fraction of sp³-hybridized carbons (Fsp3) is 0.625. The first-order valence-corrected chi connectivity index (χ1v) is 3.80. The minimum atomic E-state index is -0.316. The molecular formula is C8H13NO3. The van der Waals surface area contributed by atoms with E-state index >= 15 is 0 Å². The summed E-state index contributed by atoms with van der Waals surface area (Å²) in [4.78, 5) is 20.5. The SMILES string of the molecule is C=CCC(=O)OC(C)CCN=O. The van der Waals surface area contributed by atoms with Crippen molar-refractivity contribution in [1.29, 1.82) is 0 Å². The number of hydrogen-bond acceptors (Lipinski definition) is 4. The van der Waals surface area contributed by atoms with Gasteiger partial charge in [0.15, 0.2) is 0 Å². The number of nitroso groups, excluding NO2 is 1. The fourth-order valence-electron chi connectivity index (χ4n) is 0.684.